The van der Waals surface area contributed by atoms with Crippen molar-refractivity contribution in [2.45, 2.75) is 25.8 Å². The zero-order chi connectivity index (χ0) is 16.6. The van der Waals surface area contributed by atoms with Gasteiger partial charge in [-0.25, -0.2) is 0 Å². The van der Waals surface area contributed by atoms with Crippen LogP contribution in [0, 0.1) is 5.92 Å². The molecule has 1 aromatic carbocycles. The van der Waals surface area contributed by atoms with Crippen LogP contribution in [0.1, 0.15) is 24.8 Å². The van der Waals surface area contributed by atoms with E-state index in [1.807, 2.05) is 35.8 Å². The van der Waals surface area contributed by atoms with Gasteiger partial charge >= 0.3 is 0 Å². The lowest BCUT2D eigenvalue weighted by Crippen LogP contribution is -2.22. The van der Waals surface area contributed by atoms with Gasteiger partial charge in [0.1, 0.15) is 5.69 Å². The molecule has 1 fully saturated rings. The van der Waals surface area contributed by atoms with Crippen molar-refractivity contribution >= 4 is 39.1 Å². The molecule has 23 heavy (non-hydrogen) atoms. The molecule has 0 saturated heterocycles. The van der Waals surface area contributed by atoms with Crippen molar-refractivity contribution in [1.29, 1.82) is 0 Å². The maximum atomic E-state index is 12.4. The number of hydrogen-bond acceptors (Lipinski definition) is 2. The predicted molar refractivity (Wildman–Crippen MR) is 95.0 cm³/mol. The van der Waals surface area contributed by atoms with Crippen LogP contribution in [0.25, 0.3) is 0 Å². The number of nitrogens with zero attached hydrogens (tertiary/aromatic N) is 1. The highest BCUT2D eigenvalue weighted by Crippen LogP contribution is 2.49. The van der Waals surface area contributed by atoms with Gasteiger partial charge < -0.3 is 9.88 Å². The maximum Gasteiger partial charge on any atom is 0.228 e. The number of hydrogen-bond donors (Lipinski definition) is 1. The van der Waals surface area contributed by atoms with Crippen LogP contribution in [-0.4, -0.2) is 10.5 Å². The normalized spacial score (nSPS) is 19.4. The van der Waals surface area contributed by atoms with E-state index in [0.717, 1.165) is 12.0 Å². The minimum Gasteiger partial charge on any atom is -0.351 e. The summed E-state index contributed by atoms with van der Waals surface area (Å²) in [5.41, 5.74) is 1.09. The van der Waals surface area contributed by atoms with Crippen molar-refractivity contribution in [3.63, 3.8) is 0 Å². The number of halogens is 2. The third-order valence-electron chi connectivity index (χ3n) is 4.09. The monoisotopic (exact) mass is 394 g/mol. The quantitative estimate of drug-likeness (QED) is 0.850. The molecule has 120 valence electrons. The molecule has 0 bridgehead atoms. The largest absolute Gasteiger partial charge is 0.351 e. The Morgan fingerprint density at radius 2 is 2.13 bits per heavy atom. The number of carbonyl (C=O) groups excluding carboxylic acids is 1. The number of nitrogens with one attached hydrogen (secondary N) is 1. The van der Waals surface area contributed by atoms with E-state index in [1.165, 1.54) is 0 Å². The van der Waals surface area contributed by atoms with E-state index >= 15 is 0 Å². The Morgan fingerprint density at radius 1 is 1.39 bits per heavy atom. The molecular formula is C17H16BrClN2O2. The Balaban J connectivity index is 1.76. The fourth-order valence-electron chi connectivity index (χ4n) is 2.70. The zero-order valence-electron chi connectivity index (χ0n) is 12.6. The molecular weight excluding hydrogens is 380 g/mol. The summed E-state index contributed by atoms with van der Waals surface area (Å²) >= 11 is 9.42. The second kappa shape index (κ2) is 6.49. The van der Waals surface area contributed by atoms with Crippen LogP contribution in [-0.2, 0) is 11.3 Å². The molecule has 2 aromatic rings. The van der Waals surface area contributed by atoms with Gasteiger partial charge in [0.2, 0.25) is 11.3 Å². The number of benzene rings is 1. The molecule has 1 aromatic heterocycles. The predicted octanol–water partition coefficient (Wildman–Crippen LogP) is 4.03. The fraction of sp³-hybridized carbons (Fsp3) is 0.294. The number of carbonyl (C=O) groups is 1. The van der Waals surface area contributed by atoms with E-state index in [0.29, 0.717) is 21.7 Å². The Kier molecular flexibility index (Phi) is 4.60. The molecule has 0 aliphatic heterocycles. The van der Waals surface area contributed by atoms with Crippen molar-refractivity contribution in [3.05, 3.63) is 61.9 Å². The van der Waals surface area contributed by atoms with Gasteiger partial charge in [0.25, 0.3) is 0 Å². The molecule has 0 spiro atoms. The first-order chi connectivity index (χ1) is 11.0. The molecule has 1 aliphatic rings. The molecule has 1 heterocycles. The maximum absolute atomic E-state index is 12.4. The van der Waals surface area contributed by atoms with E-state index in [4.69, 9.17) is 11.6 Å². The van der Waals surface area contributed by atoms with Crippen LogP contribution in [0.4, 0.5) is 5.69 Å². The number of rotatable bonds is 4. The molecule has 1 aliphatic carbocycles. The van der Waals surface area contributed by atoms with Gasteiger partial charge in [-0.2, -0.15) is 0 Å². The van der Waals surface area contributed by atoms with Crippen molar-refractivity contribution in [2.24, 2.45) is 5.92 Å². The van der Waals surface area contributed by atoms with E-state index < -0.39 is 0 Å². The number of aryl methyl sites for hydroxylation is 1. The van der Waals surface area contributed by atoms with Gasteiger partial charge in [-0.1, -0.05) is 29.8 Å². The second-order valence-electron chi connectivity index (χ2n) is 5.64. The molecule has 4 nitrogen and oxygen atoms in total. The highest BCUT2D eigenvalue weighted by Gasteiger charge is 2.44. The van der Waals surface area contributed by atoms with Gasteiger partial charge in [-0.15, -0.1) is 0 Å². The van der Waals surface area contributed by atoms with Crippen LogP contribution in [0.3, 0.4) is 0 Å². The van der Waals surface area contributed by atoms with Crippen LogP contribution in [0.15, 0.2) is 45.9 Å². The first kappa shape index (κ1) is 16.3. The molecule has 0 radical (unpaired) electrons. The standard InChI is InChI=1S/C17H16BrClN2O2/c1-2-21-8-13(18)16(22)15(9-21)20-17(23)12-7-11(12)10-5-3-4-6-14(10)19/h3-6,8-9,11-12H,2,7H2,1H3,(H,20,23). The molecule has 1 saturated carbocycles. The first-order valence-corrected chi connectivity index (χ1v) is 8.63. The number of anilines is 1. The lowest BCUT2D eigenvalue weighted by atomic mass is 10.1. The molecule has 1 N–H and O–H groups in total. The Morgan fingerprint density at radius 3 is 2.83 bits per heavy atom. The molecule has 6 heteroatoms. The fourth-order valence-corrected chi connectivity index (χ4v) is 3.45. The number of pyridine rings is 1. The minimum atomic E-state index is -0.210. The highest BCUT2D eigenvalue weighted by atomic mass is 79.9. The number of amides is 1. The third-order valence-corrected chi connectivity index (χ3v) is 5.00. The molecule has 2 atom stereocenters. The van der Waals surface area contributed by atoms with E-state index in [2.05, 4.69) is 21.2 Å². The van der Waals surface area contributed by atoms with Gasteiger partial charge in [-0.3, -0.25) is 9.59 Å². The Labute approximate surface area is 147 Å². The van der Waals surface area contributed by atoms with Gasteiger partial charge in [0, 0.05) is 29.9 Å². The summed E-state index contributed by atoms with van der Waals surface area (Å²) in [5.74, 6) is -0.139. The minimum absolute atomic E-state index is 0.129. The van der Waals surface area contributed by atoms with E-state index in [-0.39, 0.29) is 23.2 Å². The summed E-state index contributed by atoms with van der Waals surface area (Å²) < 4.78 is 2.29. The topological polar surface area (TPSA) is 51.1 Å². The highest BCUT2D eigenvalue weighted by molar-refractivity contribution is 9.10. The summed E-state index contributed by atoms with van der Waals surface area (Å²) in [5, 5.41) is 3.45. The summed E-state index contributed by atoms with van der Waals surface area (Å²) in [6.07, 6.45) is 4.13. The third kappa shape index (κ3) is 3.35. The van der Waals surface area contributed by atoms with Crippen molar-refractivity contribution < 1.29 is 4.79 Å². The smallest absolute Gasteiger partial charge is 0.228 e. The first-order valence-electron chi connectivity index (χ1n) is 7.46. The van der Waals surface area contributed by atoms with Crippen LogP contribution in [0.2, 0.25) is 5.02 Å². The second-order valence-corrected chi connectivity index (χ2v) is 6.90. The molecule has 3 rings (SSSR count). The SMILES string of the molecule is CCn1cc(Br)c(=O)c(NC(=O)C2CC2c2ccccc2Cl)c1. The van der Waals surface area contributed by atoms with Gasteiger partial charge in [-0.05, 0) is 46.8 Å². The average Bonchev–Trinajstić information content (AvgIpc) is 3.32. The summed E-state index contributed by atoms with van der Waals surface area (Å²) in [6, 6.07) is 7.57. The van der Waals surface area contributed by atoms with Crippen LogP contribution in [0.5, 0.6) is 0 Å². The van der Waals surface area contributed by atoms with E-state index in [9.17, 15) is 9.59 Å². The van der Waals surface area contributed by atoms with Crippen molar-refractivity contribution in [2.75, 3.05) is 5.32 Å². The zero-order valence-corrected chi connectivity index (χ0v) is 14.9. The van der Waals surface area contributed by atoms with Gasteiger partial charge in [0.15, 0.2) is 0 Å². The lowest BCUT2D eigenvalue weighted by Gasteiger charge is -2.09. The summed E-state index contributed by atoms with van der Waals surface area (Å²) in [6.45, 7) is 2.68. The van der Waals surface area contributed by atoms with Gasteiger partial charge in [0.05, 0.1) is 4.47 Å². The Bertz CT molecular complexity index is 818. The summed E-state index contributed by atoms with van der Waals surface area (Å²) in [7, 11) is 0. The van der Waals surface area contributed by atoms with E-state index in [1.54, 1.807) is 12.4 Å². The lowest BCUT2D eigenvalue weighted by molar-refractivity contribution is -0.117. The molecule has 1 amide bonds. The van der Waals surface area contributed by atoms with Crippen molar-refractivity contribution in [3.8, 4) is 0 Å². The van der Waals surface area contributed by atoms with Crippen LogP contribution >= 0.6 is 27.5 Å². The number of aromatic nitrogens is 1. The summed E-state index contributed by atoms with van der Waals surface area (Å²) in [4.78, 5) is 24.5. The average molecular weight is 396 g/mol. The Hall–Kier alpha value is -1.59. The van der Waals surface area contributed by atoms with Crippen molar-refractivity contribution in [1.82, 2.24) is 4.57 Å². The molecule has 2 unspecified atom stereocenters. The van der Waals surface area contributed by atoms with Crippen LogP contribution < -0.4 is 10.7 Å².